The van der Waals surface area contributed by atoms with Crippen LogP contribution in [0.3, 0.4) is 0 Å². The van der Waals surface area contributed by atoms with Gasteiger partial charge in [0.15, 0.2) is 0 Å². The van der Waals surface area contributed by atoms with Gasteiger partial charge in [-0.2, -0.15) is 65.9 Å². The van der Waals surface area contributed by atoms with Gasteiger partial charge in [-0.3, -0.25) is 0 Å². The molecule has 0 aromatic rings. The topological polar surface area (TPSA) is 27.7 Å². The Kier molecular flexibility index (Phi) is 8.54. The Labute approximate surface area is 166 Å². The minimum atomic E-state index is -8.17. The van der Waals surface area contributed by atoms with E-state index >= 15 is 0 Å². The molecule has 0 aromatic carbocycles. The third kappa shape index (κ3) is 6.38. The number of hydrogen-bond acceptors (Lipinski definition) is 3. The van der Waals surface area contributed by atoms with Gasteiger partial charge in [0, 0.05) is 0 Å². The molecular formula is C11H3F19O3. The van der Waals surface area contributed by atoms with E-state index in [0.29, 0.717) is 0 Å². The van der Waals surface area contributed by atoms with E-state index in [1.54, 1.807) is 4.74 Å². The van der Waals surface area contributed by atoms with Crippen LogP contribution in [0.1, 0.15) is 0 Å². The molecule has 0 aliphatic rings. The predicted octanol–water partition coefficient (Wildman–Crippen LogP) is 6.61. The van der Waals surface area contributed by atoms with Crippen LogP contribution in [-0.4, -0.2) is 55.2 Å². The molecular weight excluding hydrogens is 541 g/mol. The second kappa shape index (κ2) is 9.06. The van der Waals surface area contributed by atoms with Gasteiger partial charge in [0.05, 0.1) is 0 Å². The molecule has 0 aliphatic carbocycles. The largest absolute Gasteiger partial charge is 0.525 e. The molecule has 0 heterocycles. The monoisotopic (exact) mass is 544 g/mol. The number of alkyl halides is 16. The van der Waals surface area contributed by atoms with Crippen molar-refractivity contribution in [3.8, 4) is 0 Å². The summed E-state index contributed by atoms with van der Waals surface area (Å²) in [7, 11) is 0. The smallest absolute Gasteiger partial charge is 0.397 e. The number of halogens is 19. The highest BCUT2D eigenvalue weighted by molar-refractivity contribution is 5.07. The zero-order chi connectivity index (χ0) is 27.1. The third-order valence-electron chi connectivity index (χ3n) is 2.93. The number of hydrogen-bond donors (Lipinski definition) is 0. The Morgan fingerprint density at radius 3 is 1.42 bits per heavy atom. The molecule has 0 rings (SSSR count). The van der Waals surface area contributed by atoms with E-state index in [9.17, 15) is 83.4 Å². The molecule has 0 aromatic heterocycles. The first-order chi connectivity index (χ1) is 14.2. The Hall–Kier alpha value is -1.87. The van der Waals surface area contributed by atoms with E-state index in [-0.39, 0.29) is 0 Å². The van der Waals surface area contributed by atoms with Crippen LogP contribution in [0.25, 0.3) is 0 Å². The van der Waals surface area contributed by atoms with Crippen molar-refractivity contribution in [2.24, 2.45) is 0 Å². The summed E-state index contributed by atoms with van der Waals surface area (Å²) in [5.41, 5.74) is 0. The lowest BCUT2D eigenvalue weighted by Crippen LogP contribution is -2.68. The van der Waals surface area contributed by atoms with E-state index in [1.165, 1.54) is 0 Å². The summed E-state index contributed by atoms with van der Waals surface area (Å²) in [4.78, 5) is 0. The lowest BCUT2D eigenvalue weighted by Gasteiger charge is -2.38. The second-order valence-electron chi connectivity index (χ2n) is 5.31. The normalized spacial score (nSPS) is 16.0. The molecule has 22 heteroatoms. The minimum absolute atomic E-state index is 1.75. The van der Waals surface area contributed by atoms with Crippen molar-refractivity contribution in [3.05, 3.63) is 12.1 Å². The van der Waals surface area contributed by atoms with Crippen molar-refractivity contribution >= 4 is 0 Å². The molecule has 0 saturated carbocycles. The molecule has 0 spiro atoms. The third-order valence-corrected chi connectivity index (χ3v) is 2.93. The van der Waals surface area contributed by atoms with Crippen LogP contribution in [0.4, 0.5) is 83.4 Å². The molecule has 0 aliphatic heterocycles. The first kappa shape index (κ1) is 31.1. The standard InChI is InChI=1S/C11H3F19O3/c12-2(13)3(14)32-10(26,27)9(24,25)8(22,23)7(20,21)5(16,17)1-31-6(18,19)4(15)33-11(28,29)30/h4H,1H2. The quantitative estimate of drug-likeness (QED) is 0.217. The molecule has 198 valence electrons. The predicted molar refractivity (Wildman–Crippen MR) is 59.1 cm³/mol. The summed E-state index contributed by atoms with van der Waals surface area (Å²) >= 11 is 0. The first-order valence-corrected chi connectivity index (χ1v) is 6.85. The molecule has 0 amide bonds. The summed E-state index contributed by atoms with van der Waals surface area (Å²) < 4.78 is 246. The van der Waals surface area contributed by atoms with E-state index < -0.39 is 67.3 Å². The molecule has 33 heavy (non-hydrogen) atoms. The Bertz CT molecular complexity index is 706. The Balaban J connectivity index is 5.95. The van der Waals surface area contributed by atoms with Gasteiger partial charge in [0.25, 0.3) is 6.36 Å². The highest BCUT2D eigenvalue weighted by Crippen LogP contribution is 2.57. The van der Waals surface area contributed by atoms with Crippen molar-refractivity contribution < 1.29 is 97.6 Å². The summed E-state index contributed by atoms with van der Waals surface area (Å²) in [5.74, 6) is -31.3. The van der Waals surface area contributed by atoms with Crippen LogP contribution in [0.15, 0.2) is 12.1 Å². The first-order valence-electron chi connectivity index (χ1n) is 6.85. The molecule has 0 radical (unpaired) electrons. The average molecular weight is 544 g/mol. The van der Waals surface area contributed by atoms with Crippen LogP contribution in [0, 0.1) is 0 Å². The summed E-state index contributed by atoms with van der Waals surface area (Å²) in [6.07, 6.45) is -29.2. The fourth-order valence-corrected chi connectivity index (χ4v) is 1.35. The van der Waals surface area contributed by atoms with Crippen LogP contribution >= 0.6 is 0 Å². The van der Waals surface area contributed by atoms with Gasteiger partial charge in [-0.1, -0.05) is 0 Å². The Morgan fingerprint density at radius 2 is 1.06 bits per heavy atom. The maximum atomic E-state index is 13.3. The van der Waals surface area contributed by atoms with Crippen LogP contribution in [0.5, 0.6) is 0 Å². The lowest BCUT2D eigenvalue weighted by atomic mass is 9.98. The molecule has 0 saturated heterocycles. The van der Waals surface area contributed by atoms with E-state index in [2.05, 4.69) is 4.74 Å². The van der Waals surface area contributed by atoms with E-state index in [1.807, 2.05) is 4.74 Å². The zero-order valence-corrected chi connectivity index (χ0v) is 14.2. The number of rotatable bonds is 11. The van der Waals surface area contributed by atoms with Crippen LogP contribution in [0.2, 0.25) is 0 Å². The highest BCUT2D eigenvalue weighted by Gasteiger charge is 2.88. The molecule has 1 atom stereocenters. The summed E-state index contributed by atoms with van der Waals surface area (Å²) in [6, 6.07) is -4.05. The van der Waals surface area contributed by atoms with Crippen molar-refractivity contribution in [2.45, 2.75) is 48.6 Å². The molecule has 0 fully saturated rings. The van der Waals surface area contributed by atoms with Gasteiger partial charge < -0.3 is 9.47 Å². The van der Waals surface area contributed by atoms with Gasteiger partial charge in [0.2, 0.25) is 0 Å². The molecule has 3 nitrogen and oxygen atoms in total. The molecule has 1 unspecified atom stereocenters. The number of ether oxygens (including phenoxy) is 3. The van der Waals surface area contributed by atoms with E-state index in [0.717, 1.165) is 0 Å². The second-order valence-corrected chi connectivity index (χ2v) is 5.31. The van der Waals surface area contributed by atoms with Crippen LogP contribution in [-0.2, 0) is 14.2 Å². The highest BCUT2D eigenvalue weighted by atomic mass is 19.4. The van der Waals surface area contributed by atoms with Gasteiger partial charge in [-0.05, 0) is 0 Å². The average Bonchev–Trinajstić information content (AvgIpc) is 2.57. The summed E-state index contributed by atoms with van der Waals surface area (Å²) in [5, 5.41) is 0. The van der Waals surface area contributed by atoms with Gasteiger partial charge in [-0.25, -0.2) is 9.13 Å². The zero-order valence-electron chi connectivity index (χ0n) is 14.2. The maximum absolute atomic E-state index is 13.3. The van der Waals surface area contributed by atoms with Crippen LogP contribution < -0.4 is 0 Å². The van der Waals surface area contributed by atoms with E-state index in [4.69, 9.17) is 0 Å². The van der Waals surface area contributed by atoms with Gasteiger partial charge in [0.1, 0.15) is 6.61 Å². The lowest BCUT2D eigenvalue weighted by molar-refractivity contribution is -0.453. The molecule has 0 bridgehead atoms. The maximum Gasteiger partial charge on any atom is 0.525 e. The van der Waals surface area contributed by atoms with Gasteiger partial charge in [-0.15, -0.1) is 13.2 Å². The molecule has 0 N–H and O–H groups in total. The summed E-state index contributed by atoms with van der Waals surface area (Å²) in [6.45, 7) is -4.04. The van der Waals surface area contributed by atoms with Crippen molar-refractivity contribution in [2.75, 3.05) is 6.61 Å². The van der Waals surface area contributed by atoms with Crippen molar-refractivity contribution in [1.82, 2.24) is 0 Å². The van der Waals surface area contributed by atoms with Crippen molar-refractivity contribution in [1.29, 1.82) is 0 Å². The fraction of sp³-hybridized carbons (Fsp3) is 0.818. The minimum Gasteiger partial charge on any atom is -0.397 e. The fourth-order valence-electron chi connectivity index (χ4n) is 1.35. The van der Waals surface area contributed by atoms with Crippen molar-refractivity contribution in [3.63, 3.8) is 0 Å². The SMILES string of the molecule is FC(F)=C(F)OC(F)(F)C(F)(F)C(F)(F)C(F)(F)C(F)(F)COC(F)(F)C(F)OC(F)(F)F. The Morgan fingerprint density at radius 1 is 0.636 bits per heavy atom. The van der Waals surface area contributed by atoms with Gasteiger partial charge >= 0.3 is 54.4 Å².